The average Bonchev–Trinajstić information content (AvgIpc) is 3.09. The molecule has 4 nitrogen and oxygen atoms in total. The van der Waals surface area contributed by atoms with Crippen molar-refractivity contribution in [3.05, 3.63) is 29.8 Å². The third-order valence-electron chi connectivity index (χ3n) is 3.71. The van der Waals surface area contributed by atoms with Crippen molar-refractivity contribution in [1.29, 1.82) is 0 Å². The average molecular weight is 244 g/mol. The zero-order valence-electron chi connectivity index (χ0n) is 10.4. The van der Waals surface area contributed by atoms with Gasteiger partial charge in [-0.1, -0.05) is 12.1 Å². The third-order valence-corrected chi connectivity index (χ3v) is 3.71. The summed E-state index contributed by atoms with van der Waals surface area (Å²) < 4.78 is 5.82. The molecule has 0 N–H and O–H groups in total. The summed E-state index contributed by atoms with van der Waals surface area (Å²) in [6.07, 6.45) is 3.87. The van der Waals surface area contributed by atoms with Crippen molar-refractivity contribution in [2.75, 3.05) is 20.1 Å². The Labute approximate surface area is 106 Å². The minimum absolute atomic E-state index is 0.281. The van der Waals surface area contributed by atoms with E-state index in [1.54, 1.807) is 6.08 Å². The molecule has 0 radical (unpaired) electrons. The fraction of sp³-hybridized carbons (Fsp3) is 0.500. The summed E-state index contributed by atoms with van der Waals surface area (Å²) in [6.45, 7) is 1.97. The lowest BCUT2D eigenvalue weighted by Gasteiger charge is -2.36. The van der Waals surface area contributed by atoms with E-state index in [1.807, 2.05) is 24.3 Å². The van der Waals surface area contributed by atoms with E-state index in [0.717, 1.165) is 37.2 Å². The van der Waals surface area contributed by atoms with Gasteiger partial charge in [-0.25, -0.2) is 4.79 Å². The van der Waals surface area contributed by atoms with Crippen LogP contribution in [0.3, 0.4) is 0 Å². The Hall–Kier alpha value is -1.64. The van der Waals surface area contributed by atoms with Gasteiger partial charge in [0.1, 0.15) is 11.9 Å². The van der Waals surface area contributed by atoms with Crippen LogP contribution in [0.4, 0.5) is 0 Å². The van der Waals surface area contributed by atoms with Gasteiger partial charge in [0.05, 0.1) is 5.54 Å². The Kier molecular flexibility index (Phi) is 2.69. The second kappa shape index (κ2) is 4.23. The normalized spacial score (nSPS) is 21.8. The summed E-state index contributed by atoms with van der Waals surface area (Å²) in [5.74, 6) is 0.891. The number of carbonyl (C=O) groups excluding carboxylic acids is 1. The molecule has 1 saturated carbocycles. The number of ether oxygens (including phenoxy) is 1. The molecule has 94 valence electrons. The fourth-order valence-electron chi connectivity index (χ4n) is 2.42. The van der Waals surface area contributed by atoms with Crippen molar-refractivity contribution in [3.8, 4) is 5.75 Å². The van der Waals surface area contributed by atoms with Gasteiger partial charge in [-0.15, -0.1) is 0 Å². The van der Waals surface area contributed by atoms with Crippen LogP contribution in [0.1, 0.15) is 18.4 Å². The van der Waals surface area contributed by atoms with Gasteiger partial charge in [0.2, 0.25) is 6.08 Å². The Balaban J connectivity index is 1.68. The van der Waals surface area contributed by atoms with Crippen molar-refractivity contribution in [2.45, 2.75) is 24.5 Å². The van der Waals surface area contributed by atoms with E-state index in [0.29, 0.717) is 6.10 Å². The minimum Gasteiger partial charge on any atom is -0.488 e. The number of hydrogen-bond donors (Lipinski definition) is 0. The Bertz CT molecular complexity index is 481. The lowest BCUT2D eigenvalue weighted by atomic mass is 10.1. The van der Waals surface area contributed by atoms with Crippen molar-refractivity contribution in [1.82, 2.24) is 4.90 Å². The summed E-state index contributed by atoms with van der Waals surface area (Å²) in [5, 5.41) is 0. The maximum Gasteiger partial charge on any atom is 0.235 e. The van der Waals surface area contributed by atoms with Gasteiger partial charge in [-0.3, -0.25) is 4.90 Å². The van der Waals surface area contributed by atoms with Crippen molar-refractivity contribution < 1.29 is 9.53 Å². The molecule has 0 bridgehead atoms. The van der Waals surface area contributed by atoms with Crippen molar-refractivity contribution in [2.24, 2.45) is 4.99 Å². The van der Waals surface area contributed by atoms with Crippen molar-refractivity contribution in [3.63, 3.8) is 0 Å². The van der Waals surface area contributed by atoms with Crippen LogP contribution in [-0.4, -0.2) is 37.2 Å². The Morgan fingerprint density at radius 3 is 2.50 bits per heavy atom. The van der Waals surface area contributed by atoms with Crippen LogP contribution in [-0.2, 0) is 10.3 Å². The SMILES string of the molecule is CN1CC(Oc2ccc(C3(N=C=O)CC3)cc2)C1. The number of nitrogens with zero attached hydrogens (tertiary/aromatic N) is 2. The number of isocyanates is 1. The van der Waals surface area contributed by atoms with Crippen LogP contribution >= 0.6 is 0 Å². The molecule has 0 amide bonds. The minimum atomic E-state index is -0.281. The topological polar surface area (TPSA) is 41.9 Å². The number of benzene rings is 1. The maximum absolute atomic E-state index is 10.4. The van der Waals surface area contributed by atoms with Gasteiger partial charge in [-0.05, 0) is 37.6 Å². The highest BCUT2D eigenvalue weighted by molar-refractivity contribution is 5.42. The molecule has 1 aromatic rings. The molecule has 1 aliphatic carbocycles. The van der Waals surface area contributed by atoms with Crippen LogP contribution in [0.15, 0.2) is 29.3 Å². The van der Waals surface area contributed by atoms with Gasteiger partial charge in [0, 0.05) is 13.1 Å². The first-order valence-corrected chi connectivity index (χ1v) is 6.27. The van der Waals surface area contributed by atoms with Gasteiger partial charge < -0.3 is 4.74 Å². The predicted octanol–water partition coefficient (Wildman–Crippen LogP) is 1.70. The summed E-state index contributed by atoms with van der Waals surface area (Å²) in [6, 6.07) is 7.94. The van der Waals surface area contributed by atoms with E-state index >= 15 is 0 Å². The van der Waals surface area contributed by atoms with Gasteiger partial charge in [0.25, 0.3) is 0 Å². The number of hydrogen-bond acceptors (Lipinski definition) is 4. The molecule has 1 heterocycles. The second-order valence-electron chi connectivity index (χ2n) is 5.22. The molecule has 1 aliphatic heterocycles. The molecule has 4 heteroatoms. The smallest absolute Gasteiger partial charge is 0.235 e. The fourth-order valence-corrected chi connectivity index (χ4v) is 2.42. The molecule has 0 aromatic heterocycles. The van der Waals surface area contributed by atoms with E-state index in [9.17, 15) is 4.79 Å². The van der Waals surface area contributed by atoms with Gasteiger partial charge in [-0.2, -0.15) is 4.99 Å². The molecule has 2 aliphatic rings. The molecule has 1 aromatic carbocycles. The summed E-state index contributed by atoms with van der Waals surface area (Å²) in [4.78, 5) is 16.5. The molecule has 3 rings (SSSR count). The second-order valence-corrected chi connectivity index (χ2v) is 5.22. The number of likely N-dealkylation sites (N-methyl/N-ethyl adjacent to an activating group) is 1. The maximum atomic E-state index is 10.4. The van der Waals surface area contributed by atoms with Crippen LogP contribution in [0.2, 0.25) is 0 Å². The Morgan fingerprint density at radius 2 is 2.00 bits per heavy atom. The van der Waals surface area contributed by atoms with Gasteiger partial charge >= 0.3 is 0 Å². The van der Waals surface area contributed by atoms with Gasteiger partial charge in [0.15, 0.2) is 0 Å². The zero-order valence-corrected chi connectivity index (χ0v) is 10.4. The summed E-state index contributed by atoms with van der Waals surface area (Å²) in [7, 11) is 2.08. The molecule has 0 spiro atoms. The number of aliphatic imine (C=N–C) groups is 1. The molecule has 0 unspecified atom stereocenters. The largest absolute Gasteiger partial charge is 0.488 e. The molecule has 1 saturated heterocycles. The standard InChI is InChI=1S/C14H16N2O2/c1-16-8-13(9-16)18-12-4-2-11(3-5-12)14(6-7-14)15-10-17/h2-5,13H,6-9H2,1H3. The quantitative estimate of drug-likeness (QED) is 0.598. The molecule has 2 fully saturated rings. The van der Waals surface area contributed by atoms with Crippen LogP contribution in [0.25, 0.3) is 0 Å². The third kappa shape index (κ3) is 2.05. The lowest BCUT2D eigenvalue weighted by Crippen LogP contribution is -2.51. The first-order valence-electron chi connectivity index (χ1n) is 6.27. The van der Waals surface area contributed by atoms with Crippen LogP contribution < -0.4 is 4.74 Å². The first-order chi connectivity index (χ1) is 8.72. The summed E-state index contributed by atoms with van der Waals surface area (Å²) in [5.41, 5.74) is 0.806. The van der Waals surface area contributed by atoms with Crippen molar-refractivity contribution >= 4 is 6.08 Å². The highest BCUT2D eigenvalue weighted by Gasteiger charge is 2.44. The van der Waals surface area contributed by atoms with E-state index in [1.165, 1.54) is 0 Å². The van der Waals surface area contributed by atoms with Crippen LogP contribution in [0, 0.1) is 0 Å². The van der Waals surface area contributed by atoms with E-state index in [-0.39, 0.29) is 5.54 Å². The molecule has 0 atom stereocenters. The van der Waals surface area contributed by atoms with Crippen LogP contribution in [0.5, 0.6) is 5.75 Å². The summed E-state index contributed by atoms with van der Waals surface area (Å²) >= 11 is 0. The molecule has 18 heavy (non-hydrogen) atoms. The number of rotatable bonds is 4. The zero-order chi connectivity index (χ0) is 12.6. The highest BCUT2D eigenvalue weighted by Crippen LogP contribution is 2.49. The predicted molar refractivity (Wildman–Crippen MR) is 67.4 cm³/mol. The lowest BCUT2D eigenvalue weighted by molar-refractivity contribution is 0.0388. The molecular formula is C14H16N2O2. The number of likely N-dealkylation sites (tertiary alicyclic amines) is 1. The molecular weight excluding hydrogens is 228 g/mol. The Morgan fingerprint density at radius 1 is 1.33 bits per heavy atom. The van der Waals surface area contributed by atoms with E-state index < -0.39 is 0 Å². The van der Waals surface area contributed by atoms with E-state index in [4.69, 9.17) is 4.74 Å². The first kappa shape index (κ1) is 11.5. The highest BCUT2D eigenvalue weighted by atomic mass is 16.5. The monoisotopic (exact) mass is 244 g/mol. The van der Waals surface area contributed by atoms with E-state index in [2.05, 4.69) is 16.9 Å².